The molecule has 0 aliphatic heterocycles. The van der Waals surface area contributed by atoms with Gasteiger partial charge in [0.05, 0.1) is 11.3 Å². The SMILES string of the molecule is Cc1nc(Cl)nc(Cl)c1[C]=O. The molecule has 1 aromatic heterocycles. The summed E-state index contributed by atoms with van der Waals surface area (Å²) in [4.78, 5) is 17.5. The molecule has 11 heavy (non-hydrogen) atoms. The summed E-state index contributed by atoms with van der Waals surface area (Å²) in [5, 5.41) is 0.0731. The lowest BCUT2D eigenvalue weighted by atomic mass is 10.3. The largest absolute Gasteiger partial charge is 0.285 e. The molecule has 0 bridgehead atoms. The number of aryl methyl sites for hydroxylation is 1. The molecule has 0 saturated carbocycles. The highest BCUT2D eigenvalue weighted by Crippen LogP contribution is 2.15. The third-order valence-electron chi connectivity index (χ3n) is 1.12. The zero-order valence-corrected chi connectivity index (χ0v) is 7.07. The maximum atomic E-state index is 10.2. The Hall–Kier alpha value is -0.670. The summed E-state index contributed by atoms with van der Waals surface area (Å²) in [5.41, 5.74) is 0.598. The highest BCUT2D eigenvalue weighted by Gasteiger charge is 2.07. The molecule has 1 heterocycles. The molecule has 0 atom stereocenters. The van der Waals surface area contributed by atoms with E-state index in [9.17, 15) is 4.79 Å². The Morgan fingerprint density at radius 1 is 1.36 bits per heavy atom. The Morgan fingerprint density at radius 3 is 2.45 bits per heavy atom. The standard InChI is InChI=1S/C6H3Cl2N2O/c1-3-4(2-11)5(7)10-6(8)9-3/h1H3. The molecule has 0 fully saturated rings. The topological polar surface area (TPSA) is 42.9 Å². The zero-order valence-electron chi connectivity index (χ0n) is 5.56. The fraction of sp³-hybridized carbons (Fsp3) is 0.167. The Kier molecular flexibility index (Phi) is 2.42. The van der Waals surface area contributed by atoms with Gasteiger partial charge in [-0.1, -0.05) is 11.6 Å². The van der Waals surface area contributed by atoms with Crippen molar-refractivity contribution in [2.45, 2.75) is 6.92 Å². The minimum absolute atomic E-state index is 0.0338. The van der Waals surface area contributed by atoms with E-state index in [1.165, 1.54) is 0 Å². The van der Waals surface area contributed by atoms with Crippen LogP contribution in [0, 0.1) is 6.92 Å². The van der Waals surface area contributed by atoms with E-state index in [2.05, 4.69) is 9.97 Å². The van der Waals surface area contributed by atoms with Crippen molar-refractivity contribution in [1.82, 2.24) is 9.97 Å². The van der Waals surface area contributed by atoms with Crippen LogP contribution in [0.25, 0.3) is 0 Å². The number of carbonyl (C=O) groups excluding carboxylic acids is 1. The fourth-order valence-corrected chi connectivity index (χ4v) is 1.13. The third kappa shape index (κ3) is 1.67. The Balaban J connectivity index is 3.36. The van der Waals surface area contributed by atoms with E-state index in [0.717, 1.165) is 0 Å². The minimum atomic E-state index is 0.0338. The van der Waals surface area contributed by atoms with Crippen molar-refractivity contribution in [3.8, 4) is 0 Å². The molecule has 0 N–H and O–H groups in total. The van der Waals surface area contributed by atoms with Gasteiger partial charge in [-0.15, -0.1) is 0 Å². The number of nitrogens with zero attached hydrogens (tertiary/aromatic N) is 2. The second-order valence-corrected chi connectivity index (χ2v) is 2.54. The summed E-state index contributed by atoms with van der Waals surface area (Å²) < 4.78 is 0. The number of rotatable bonds is 1. The zero-order chi connectivity index (χ0) is 8.43. The Morgan fingerprint density at radius 2 is 2.00 bits per heavy atom. The van der Waals surface area contributed by atoms with Crippen LogP contribution in [0.2, 0.25) is 10.4 Å². The Labute approximate surface area is 73.4 Å². The molecule has 5 heteroatoms. The van der Waals surface area contributed by atoms with Crippen molar-refractivity contribution in [2.75, 3.05) is 0 Å². The van der Waals surface area contributed by atoms with E-state index >= 15 is 0 Å². The smallest absolute Gasteiger partial charge is 0.238 e. The molecule has 0 saturated heterocycles. The molecule has 0 aliphatic rings. The van der Waals surface area contributed by atoms with Gasteiger partial charge in [-0.05, 0) is 18.5 Å². The first-order valence-corrected chi connectivity index (χ1v) is 3.48. The molecule has 0 aromatic carbocycles. The van der Waals surface area contributed by atoms with E-state index < -0.39 is 0 Å². The molecule has 1 aromatic rings. The van der Waals surface area contributed by atoms with Gasteiger partial charge in [0.15, 0.2) is 0 Å². The molecular weight excluding hydrogens is 187 g/mol. The predicted molar refractivity (Wildman–Crippen MR) is 41.6 cm³/mol. The maximum Gasteiger partial charge on any atom is 0.238 e. The van der Waals surface area contributed by atoms with Crippen LogP contribution in [0.3, 0.4) is 0 Å². The van der Waals surface area contributed by atoms with E-state index in [1.54, 1.807) is 13.2 Å². The summed E-state index contributed by atoms with van der Waals surface area (Å²) in [6, 6.07) is 0. The summed E-state index contributed by atoms with van der Waals surface area (Å²) in [6.07, 6.45) is 1.63. The lowest BCUT2D eigenvalue weighted by Gasteiger charge is -1.97. The van der Waals surface area contributed by atoms with Crippen LogP contribution in [0.5, 0.6) is 0 Å². The van der Waals surface area contributed by atoms with Gasteiger partial charge in [0, 0.05) is 0 Å². The van der Waals surface area contributed by atoms with Crippen LogP contribution < -0.4 is 0 Å². The first-order valence-electron chi connectivity index (χ1n) is 2.73. The fourth-order valence-electron chi connectivity index (χ4n) is 0.621. The quantitative estimate of drug-likeness (QED) is 0.498. The lowest BCUT2D eigenvalue weighted by Crippen LogP contribution is -1.96. The first kappa shape index (κ1) is 8.43. The van der Waals surface area contributed by atoms with Crippen LogP contribution >= 0.6 is 23.2 Å². The van der Waals surface area contributed by atoms with Crippen LogP contribution in [-0.4, -0.2) is 16.3 Å². The summed E-state index contributed by atoms with van der Waals surface area (Å²) in [7, 11) is 0. The van der Waals surface area contributed by atoms with E-state index in [-0.39, 0.29) is 16.0 Å². The van der Waals surface area contributed by atoms with Crippen molar-refractivity contribution in [2.24, 2.45) is 0 Å². The normalized spacial score (nSPS) is 9.73. The number of hydrogen-bond donors (Lipinski definition) is 0. The minimum Gasteiger partial charge on any atom is -0.285 e. The molecule has 3 nitrogen and oxygen atoms in total. The monoisotopic (exact) mass is 189 g/mol. The van der Waals surface area contributed by atoms with Gasteiger partial charge in [-0.3, -0.25) is 4.79 Å². The Bertz CT molecular complexity index is 278. The highest BCUT2D eigenvalue weighted by atomic mass is 35.5. The van der Waals surface area contributed by atoms with E-state index in [0.29, 0.717) is 5.69 Å². The molecule has 1 radical (unpaired) electrons. The molecule has 0 aliphatic carbocycles. The third-order valence-corrected chi connectivity index (χ3v) is 1.56. The van der Waals surface area contributed by atoms with Crippen molar-refractivity contribution >= 4 is 29.5 Å². The van der Waals surface area contributed by atoms with Gasteiger partial charge in [-0.2, -0.15) is 0 Å². The van der Waals surface area contributed by atoms with Gasteiger partial charge >= 0.3 is 0 Å². The van der Waals surface area contributed by atoms with Crippen LogP contribution in [0.4, 0.5) is 0 Å². The summed E-state index contributed by atoms with van der Waals surface area (Å²) >= 11 is 11.0. The van der Waals surface area contributed by atoms with E-state index in [4.69, 9.17) is 23.2 Å². The lowest BCUT2D eigenvalue weighted by molar-refractivity contribution is 0.562. The van der Waals surface area contributed by atoms with Crippen LogP contribution in [0.1, 0.15) is 11.3 Å². The molecule has 0 amide bonds. The van der Waals surface area contributed by atoms with Crippen molar-refractivity contribution in [1.29, 1.82) is 0 Å². The second kappa shape index (κ2) is 3.15. The van der Waals surface area contributed by atoms with Crippen LogP contribution in [0.15, 0.2) is 0 Å². The van der Waals surface area contributed by atoms with Crippen LogP contribution in [-0.2, 0) is 4.79 Å². The number of aromatic nitrogens is 2. The average molecular weight is 190 g/mol. The molecule has 1 rings (SSSR count). The van der Waals surface area contributed by atoms with Gasteiger partial charge in [-0.25, -0.2) is 9.97 Å². The number of hydrogen-bond acceptors (Lipinski definition) is 3. The predicted octanol–water partition coefficient (Wildman–Crippen LogP) is 1.55. The molecule has 57 valence electrons. The highest BCUT2D eigenvalue weighted by molar-refractivity contribution is 6.33. The van der Waals surface area contributed by atoms with Gasteiger partial charge in [0.25, 0.3) is 0 Å². The average Bonchev–Trinajstić information content (AvgIpc) is 1.85. The van der Waals surface area contributed by atoms with Gasteiger partial charge in [0.2, 0.25) is 11.6 Å². The molecule has 0 unspecified atom stereocenters. The number of halogens is 2. The van der Waals surface area contributed by atoms with E-state index in [1.807, 2.05) is 0 Å². The molecular formula is C6H3Cl2N2O. The summed E-state index contributed by atoms with van der Waals surface area (Å²) in [5.74, 6) is 0. The molecule has 0 spiro atoms. The van der Waals surface area contributed by atoms with Gasteiger partial charge in [0.1, 0.15) is 5.15 Å². The first-order chi connectivity index (χ1) is 5.15. The van der Waals surface area contributed by atoms with Crippen molar-refractivity contribution in [3.05, 3.63) is 21.7 Å². The van der Waals surface area contributed by atoms with Crippen molar-refractivity contribution < 1.29 is 4.79 Å². The maximum absolute atomic E-state index is 10.2. The summed E-state index contributed by atoms with van der Waals surface area (Å²) in [6.45, 7) is 1.61. The van der Waals surface area contributed by atoms with Gasteiger partial charge < -0.3 is 0 Å². The van der Waals surface area contributed by atoms with Crippen molar-refractivity contribution in [3.63, 3.8) is 0 Å². The second-order valence-electron chi connectivity index (χ2n) is 1.85.